The number of anilines is 1. The van der Waals surface area contributed by atoms with Crippen LogP contribution in [0.5, 0.6) is 23.0 Å². The molecule has 0 unspecified atom stereocenters. The van der Waals surface area contributed by atoms with Gasteiger partial charge < -0.3 is 24.3 Å². The largest absolute Gasteiger partial charge is 0.493 e. The summed E-state index contributed by atoms with van der Waals surface area (Å²) in [6.07, 6.45) is 1.50. The second-order valence-electron chi connectivity index (χ2n) is 9.76. The Morgan fingerprint density at radius 3 is 2.43 bits per heavy atom. The first kappa shape index (κ1) is 32.3. The van der Waals surface area contributed by atoms with E-state index in [4.69, 9.17) is 18.9 Å². The Kier molecular flexibility index (Phi) is 11.6. The molecule has 0 aliphatic heterocycles. The molecule has 0 aromatic heterocycles. The summed E-state index contributed by atoms with van der Waals surface area (Å²) in [5.74, 6) is 1.18. The van der Waals surface area contributed by atoms with Crippen LogP contribution in [-0.4, -0.2) is 38.4 Å². The molecule has 0 aliphatic carbocycles. The topological polar surface area (TPSA) is 107 Å². The summed E-state index contributed by atoms with van der Waals surface area (Å²) in [6, 6.07) is 24.2. The zero-order valence-corrected chi connectivity index (χ0v) is 27.1. The molecule has 0 saturated carbocycles. The molecule has 0 fully saturated rings. The normalized spacial score (nSPS) is 10.8. The van der Waals surface area contributed by atoms with Crippen molar-refractivity contribution in [2.75, 3.05) is 25.6 Å². The quantitative estimate of drug-likeness (QED) is 0.0913. The minimum Gasteiger partial charge on any atom is -0.493 e. The molecule has 0 bridgehead atoms. The molecule has 9 nitrogen and oxygen atoms in total. The van der Waals surface area contributed by atoms with E-state index in [0.717, 1.165) is 22.4 Å². The van der Waals surface area contributed by atoms with Crippen LogP contribution in [0.2, 0.25) is 0 Å². The van der Waals surface area contributed by atoms with Gasteiger partial charge in [-0.1, -0.05) is 42.5 Å². The second-order valence-corrected chi connectivity index (χ2v) is 10.9. The van der Waals surface area contributed by atoms with Crippen molar-refractivity contribution in [3.63, 3.8) is 0 Å². The predicted molar refractivity (Wildman–Crippen MR) is 179 cm³/mol. The third kappa shape index (κ3) is 8.96. The van der Waals surface area contributed by atoms with Crippen LogP contribution in [0.3, 0.4) is 0 Å². The Labute approximate surface area is 270 Å². The minimum absolute atomic E-state index is 0.191. The summed E-state index contributed by atoms with van der Waals surface area (Å²) in [5.41, 5.74) is 7.36. The van der Waals surface area contributed by atoms with Crippen LogP contribution in [0.15, 0.2) is 84.0 Å². The van der Waals surface area contributed by atoms with E-state index in [2.05, 4.69) is 38.4 Å². The molecule has 2 amide bonds. The Hall–Kier alpha value is -4.58. The van der Waals surface area contributed by atoms with Crippen molar-refractivity contribution in [1.29, 1.82) is 0 Å². The number of aryl methyl sites for hydroxylation is 2. The molecule has 228 valence electrons. The lowest BCUT2D eigenvalue weighted by Crippen LogP contribution is -2.21. The van der Waals surface area contributed by atoms with Gasteiger partial charge in [-0.05, 0) is 102 Å². The Morgan fingerprint density at radius 1 is 0.886 bits per heavy atom. The van der Waals surface area contributed by atoms with E-state index in [1.165, 1.54) is 13.3 Å². The van der Waals surface area contributed by atoms with Gasteiger partial charge in [-0.15, -0.1) is 0 Å². The van der Waals surface area contributed by atoms with Gasteiger partial charge in [0, 0.05) is 11.3 Å². The average Bonchev–Trinajstić information content (AvgIpc) is 3.02. The molecule has 0 aliphatic rings. The number of nitrogens with zero attached hydrogens (tertiary/aromatic N) is 1. The first-order chi connectivity index (χ1) is 21.3. The number of methoxy groups -OCH3 is 1. The van der Waals surface area contributed by atoms with Gasteiger partial charge in [-0.3, -0.25) is 9.59 Å². The van der Waals surface area contributed by atoms with Gasteiger partial charge in [0.05, 0.1) is 23.5 Å². The molecular formula is C34H34IN3O6. The first-order valence-corrected chi connectivity index (χ1v) is 15.0. The highest BCUT2D eigenvalue weighted by molar-refractivity contribution is 14.1. The van der Waals surface area contributed by atoms with Gasteiger partial charge in [0.1, 0.15) is 6.61 Å². The number of carbonyl (C=O) groups excluding carboxylic acids is 2. The molecule has 0 radical (unpaired) electrons. The van der Waals surface area contributed by atoms with E-state index < -0.39 is 5.91 Å². The summed E-state index contributed by atoms with van der Waals surface area (Å²) < 4.78 is 23.7. The van der Waals surface area contributed by atoms with Gasteiger partial charge >= 0.3 is 0 Å². The minimum atomic E-state index is -0.409. The van der Waals surface area contributed by atoms with Crippen LogP contribution in [0.4, 0.5) is 5.69 Å². The maximum Gasteiger partial charge on any atom is 0.271 e. The SMILES string of the molecule is CCOc1cc(C(=O)N/N=C/c2cc(I)c(OCC(=O)Nc3cc(C)ccc3C)c(OC)c2)ccc1OCc1ccccc1. The molecular weight excluding hydrogens is 673 g/mol. The van der Waals surface area contributed by atoms with Crippen molar-refractivity contribution in [2.45, 2.75) is 27.4 Å². The maximum absolute atomic E-state index is 12.8. The molecule has 4 rings (SSSR count). The molecule has 0 heterocycles. The lowest BCUT2D eigenvalue weighted by Gasteiger charge is -2.14. The van der Waals surface area contributed by atoms with E-state index >= 15 is 0 Å². The zero-order valence-electron chi connectivity index (χ0n) is 25.0. The van der Waals surface area contributed by atoms with Crippen LogP contribution in [0, 0.1) is 17.4 Å². The van der Waals surface area contributed by atoms with E-state index in [1.807, 2.05) is 75.4 Å². The third-order valence-corrected chi connectivity index (χ3v) is 7.19. The van der Waals surface area contributed by atoms with Crippen molar-refractivity contribution in [1.82, 2.24) is 5.43 Å². The standard InChI is InChI=1S/C34H34IN3O6/c1-5-42-30-18-26(13-14-29(30)43-20-24-9-7-6-8-10-24)34(40)38-36-19-25-16-27(35)33(31(17-25)41-4)44-21-32(39)37-28-15-22(2)11-12-23(28)3/h6-19H,5,20-21H2,1-4H3,(H,37,39)(H,38,40)/b36-19+. The summed E-state index contributed by atoms with van der Waals surface area (Å²) in [7, 11) is 1.51. The number of halogens is 1. The Morgan fingerprint density at radius 2 is 1.68 bits per heavy atom. The average molecular weight is 708 g/mol. The third-order valence-electron chi connectivity index (χ3n) is 6.39. The Balaban J connectivity index is 1.37. The van der Waals surface area contributed by atoms with Crippen molar-refractivity contribution in [3.05, 3.63) is 110 Å². The Bertz CT molecular complexity index is 1640. The van der Waals surface area contributed by atoms with Gasteiger partial charge in [0.25, 0.3) is 11.8 Å². The second kappa shape index (κ2) is 15.8. The maximum atomic E-state index is 12.8. The van der Waals surface area contributed by atoms with Gasteiger partial charge in [-0.25, -0.2) is 5.43 Å². The van der Waals surface area contributed by atoms with Crippen LogP contribution in [-0.2, 0) is 11.4 Å². The fourth-order valence-corrected chi connectivity index (χ4v) is 4.93. The molecule has 10 heteroatoms. The molecule has 0 saturated heterocycles. The number of hydrogen-bond acceptors (Lipinski definition) is 7. The van der Waals surface area contributed by atoms with Gasteiger partial charge in [-0.2, -0.15) is 5.10 Å². The lowest BCUT2D eigenvalue weighted by atomic mass is 10.1. The highest BCUT2D eigenvalue weighted by Gasteiger charge is 2.15. The molecule has 0 atom stereocenters. The van der Waals surface area contributed by atoms with Crippen LogP contribution in [0.1, 0.15) is 39.5 Å². The van der Waals surface area contributed by atoms with Crippen molar-refractivity contribution in [2.24, 2.45) is 5.10 Å². The summed E-state index contributed by atoms with van der Waals surface area (Å²) in [6.45, 7) is 6.37. The highest BCUT2D eigenvalue weighted by Crippen LogP contribution is 2.34. The van der Waals surface area contributed by atoms with Crippen molar-refractivity contribution >= 4 is 46.3 Å². The number of amides is 2. The number of hydrazone groups is 1. The van der Waals surface area contributed by atoms with Crippen molar-refractivity contribution in [3.8, 4) is 23.0 Å². The fourth-order valence-electron chi connectivity index (χ4n) is 4.15. The number of ether oxygens (including phenoxy) is 4. The molecule has 4 aromatic carbocycles. The number of nitrogens with one attached hydrogen (secondary N) is 2. The van der Waals surface area contributed by atoms with Crippen molar-refractivity contribution < 1.29 is 28.5 Å². The van der Waals surface area contributed by atoms with E-state index in [0.29, 0.717) is 50.9 Å². The highest BCUT2D eigenvalue weighted by atomic mass is 127. The smallest absolute Gasteiger partial charge is 0.271 e. The summed E-state index contributed by atoms with van der Waals surface area (Å²) >= 11 is 2.10. The summed E-state index contributed by atoms with van der Waals surface area (Å²) in [4.78, 5) is 25.4. The molecule has 4 aromatic rings. The number of hydrogen-bond donors (Lipinski definition) is 2. The summed E-state index contributed by atoms with van der Waals surface area (Å²) in [5, 5.41) is 7.00. The lowest BCUT2D eigenvalue weighted by molar-refractivity contribution is -0.118. The van der Waals surface area contributed by atoms with Crippen LogP contribution < -0.4 is 29.7 Å². The van der Waals surface area contributed by atoms with E-state index in [9.17, 15) is 9.59 Å². The van der Waals surface area contributed by atoms with E-state index in [-0.39, 0.29) is 12.5 Å². The number of carbonyl (C=O) groups is 2. The molecule has 2 N–H and O–H groups in total. The number of benzene rings is 4. The zero-order chi connectivity index (χ0) is 31.5. The van der Waals surface area contributed by atoms with Gasteiger partial charge in [0.2, 0.25) is 0 Å². The molecule has 0 spiro atoms. The molecule has 44 heavy (non-hydrogen) atoms. The number of rotatable bonds is 13. The monoisotopic (exact) mass is 707 g/mol. The van der Waals surface area contributed by atoms with Crippen LogP contribution >= 0.6 is 22.6 Å². The van der Waals surface area contributed by atoms with Gasteiger partial charge in [0.15, 0.2) is 29.6 Å². The predicted octanol–water partition coefficient (Wildman–Crippen LogP) is 6.68. The van der Waals surface area contributed by atoms with Crippen LogP contribution in [0.25, 0.3) is 0 Å². The fraction of sp³-hybridized carbons (Fsp3) is 0.206. The first-order valence-electron chi connectivity index (χ1n) is 13.9. The van der Waals surface area contributed by atoms with E-state index in [1.54, 1.807) is 24.3 Å².